The first-order valence-corrected chi connectivity index (χ1v) is 6.96. The molecule has 1 aromatic heterocycles. The molecule has 0 aliphatic heterocycles. The minimum Gasteiger partial charge on any atom is -0.459 e. The van der Waals surface area contributed by atoms with E-state index < -0.39 is 11.9 Å². The molecular weight excluding hydrogens is 282 g/mol. The van der Waals surface area contributed by atoms with Crippen molar-refractivity contribution in [3.05, 3.63) is 16.0 Å². The van der Waals surface area contributed by atoms with Crippen LogP contribution in [0.1, 0.15) is 39.4 Å². The number of esters is 2. The van der Waals surface area contributed by atoms with Crippen LogP contribution in [0, 0.1) is 6.92 Å². The normalized spacial score (nSPS) is 10.7. The highest BCUT2D eigenvalue weighted by Gasteiger charge is 2.25. The van der Waals surface area contributed by atoms with E-state index >= 15 is 0 Å². The number of thiophene rings is 1. The summed E-state index contributed by atoms with van der Waals surface area (Å²) in [4.78, 5) is 24.1. The maximum Gasteiger partial charge on any atom is 0.348 e. The van der Waals surface area contributed by atoms with Gasteiger partial charge in [0.15, 0.2) is 0 Å². The molecule has 7 heteroatoms. The van der Waals surface area contributed by atoms with E-state index in [9.17, 15) is 9.59 Å². The first kappa shape index (κ1) is 16.5. The number of hydrogen-bond donors (Lipinski definition) is 1. The molecule has 2 N–H and O–H groups in total. The maximum absolute atomic E-state index is 11.9. The fourth-order valence-corrected chi connectivity index (χ4v) is 2.50. The summed E-state index contributed by atoms with van der Waals surface area (Å²) < 4.78 is 14.9. The van der Waals surface area contributed by atoms with Crippen LogP contribution in [0.2, 0.25) is 0 Å². The summed E-state index contributed by atoms with van der Waals surface area (Å²) in [5.74, 6) is -1.04. The molecule has 0 aromatic carbocycles. The van der Waals surface area contributed by atoms with E-state index in [1.165, 1.54) is 7.11 Å². The number of rotatable bonds is 6. The molecule has 0 aliphatic rings. The van der Waals surface area contributed by atoms with Crippen LogP contribution in [-0.4, -0.2) is 38.4 Å². The Kier molecular flexibility index (Phi) is 5.97. The van der Waals surface area contributed by atoms with Gasteiger partial charge in [-0.05, 0) is 26.3 Å². The van der Waals surface area contributed by atoms with Crippen molar-refractivity contribution in [2.24, 2.45) is 0 Å². The van der Waals surface area contributed by atoms with E-state index in [-0.39, 0.29) is 23.3 Å². The van der Waals surface area contributed by atoms with Crippen molar-refractivity contribution in [1.29, 1.82) is 0 Å². The van der Waals surface area contributed by atoms with E-state index in [0.717, 1.165) is 11.3 Å². The summed E-state index contributed by atoms with van der Waals surface area (Å²) in [6, 6.07) is 0. The van der Waals surface area contributed by atoms with Crippen molar-refractivity contribution < 1.29 is 23.8 Å². The van der Waals surface area contributed by atoms with Gasteiger partial charge in [-0.1, -0.05) is 0 Å². The van der Waals surface area contributed by atoms with Gasteiger partial charge in [-0.25, -0.2) is 9.59 Å². The average Bonchev–Trinajstić information content (AvgIpc) is 2.64. The molecular formula is C13H19NO5S. The van der Waals surface area contributed by atoms with E-state index in [0.29, 0.717) is 17.0 Å². The molecule has 20 heavy (non-hydrogen) atoms. The lowest BCUT2D eigenvalue weighted by Crippen LogP contribution is -2.14. The Morgan fingerprint density at radius 1 is 1.25 bits per heavy atom. The van der Waals surface area contributed by atoms with Gasteiger partial charge in [0.25, 0.3) is 0 Å². The van der Waals surface area contributed by atoms with Crippen molar-refractivity contribution in [2.75, 3.05) is 26.1 Å². The van der Waals surface area contributed by atoms with Gasteiger partial charge in [0.05, 0.1) is 18.3 Å². The van der Waals surface area contributed by atoms with Crippen LogP contribution < -0.4 is 5.73 Å². The van der Waals surface area contributed by atoms with Crippen LogP contribution >= 0.6 is 11.3 Å². The van der Waals surface area contributed by atoms with Crippen LogP contribution in [0.4, 0.5) is 5.00 Å². The number of hydrogen-bond acceptors (Lipinski definition) is 7. The molecule has 112 valence electrons. The average molecular weight is 301 g/mol. The third-order valence-electron chi connectivity index (χ3n) is 2.43. The smallest absolute Gasteiger partial charge is 0.348 e. The quantitative estimate of drug-likeness (QED) is 0.638. The fraction of sp³-hybridized carbons (Fsp3) is 0.538. The summed E-state index contributed by atoms with van der Waals surface area (Å²) in [6.07, 6.45) is -0.252. The van der Waals surface area contributed by atoms with E-state index in [1.807, 2.05) is 0 Å². The molecule has 0 spiro atoms. The molecule has 0 saturated carbocycles. The molecule has 0 radical (unpaired) electrons. The Hall–Kier alpha value is -1.60. The van der Waals surface area contributed by atoms with E-state index in [4.69, 9.17) is 19.9 Å². The molecule has 0 unspecified atom stereocenters. The van der Waals surface area contributed by atoms with Crippen LogP contribution in [0.5, 0.6) is 0 Å². The number of carbonyl (C=O) groups is 2. The highest BCUT2D eigenvalue weighted by molar-refractivity contribution is 7.18. The van der Waals surface area contributed by atoms with Crippen molar-refractivity contribution in [1.82, 2.24) is 0 Å². The first-order valence-electron chi connectivity index (χ1n) is 6.14. The van der Waals surface area contributed by atoms with Gasteiger partial charge in [0.2, 0.25) is 0 Å². The minimum absolute atomic E-state index is 0.151. The predicted molar refractivity (Wildman–Crippen MR) is 76.2 cm³/mol. The molecule has 0 fully saturated rings. The highest BCUT2D eigenvalue weighted by atomic mass is 32.1. The third kappa shape index (κ3) is 3.94. The third-order valence-corrected chi connectivity index (χ3v) is 3.53. The number of nitrogen functional groups attached to an aromatic ring is 1. The van der Waals surface area contributed by atoms with E-state index in [2.05, 4.69) is 0 Å². The van der Waals surface area contributed by atoms with Crippen molar-refractivity contribution in [3.63, 3.8) is 0 Å². The number of methoxy groups -OCH3 is 1. The molecule has 1 rings (SSSR count). The van der Waals surface area contributed by atoms with Gasteiger partial charge < -0.3 is 19.9 Å². The molecule has 0 amide bonds. The number of ether oxygens (including phenoxy) is 3. The van der Waals surface area contributed by atoms with E-state index in [1.54, 1.807) is 20.8 Å². The second-order valence-corrected chi connectivity index (χ2v) is 5.43. The van der Waals surface area contributed by atoms with Crippen LogP contribution in [0.25, 0.3) is 0 Å². The molecule has 0 atom stereocenters. The van der Waals surface area contributed by atoms with Crippen molar-refractivity contribution in [3.8, 4) is 0 Å². The zero-order chi connectivity index (χ0) is 15.3. The molecule has 1 heterocycles. The monoisotopic (exact) mass is 301 g/mol. The second-order valence-electron chi connectivity index (χ2n) is 4.38. The highest BCUT2D eigenvalue weighted by Crippen LogP contribution is 2.31. The number of carbonyl (C=O) groups excluding carboxylic acids is 2. The lowest BCUT2D eigenvalue weighted by molar-refractivity contribution is 0.0379. The summed E-state index contributed by atoms with van der Waals surface area (Å²) in [5.41, 5.74) is 6.52. The van der Waals surface area contributed by atoms with Gasteiger partial charge in [-0.2, -0.15) is 0 Å². The summed E-state index contributed by atoms with van der Waals surface area (Å²) in [5, 5.41) is 0.256. The summed E-state index contributed by atoms with van der Waals surface area (Å²) >= 11 is 1.02. The molecule has 0 saturated heterocycles. The van der Waals surface area contributed by atoms with Gasteiger partial charge in [-0.15, -0.1) is 11.3 Å². The molecule has 1 aromatic rings. The molecule has 0 bridgehead atoms. The van der Waals surface area contributed by atoms with Crippen LogP contribution in [0.15, 0.2) is 0 Å². The summed E-state index contributed by atoms with van der Waals surface area (Å²) in [6.45, 7) is 5.61. The first-order chi connectivity index (χ1) is 9.38. The predicted octanol–water partition coefficient (Wildman–Crippen LogP) is 2.01. The Bertz CT molecular complexity index is 495. The van der Waals surface area contributed by atoms with Gasteiger partial charge in [0, 0.05) is 7.11 Å². The van der Waals surface area contributed by atoms with Crippen molar-refractivity contribution in [2.45, 2.75) is 26.9 Å². The maximum atomic E-state index is 11.9. The Labute approximate surface area is 121 Å². The van der Waals surface area contributed by atoms with Gasteiger partial charge in [-0.3, -0.25) is 0 Å². The number of anilines is 1. The lowest BCUT2D eigenvalue weighted by atomic mass is 10.1. The largest absolute Gasteiger partial charge is 0.459 e. The Morgan fingerprint density at radius 3 is 2.45 bits per heavy atom. The minimum atomic E-state index is -0.526. The second kappa shape index (κ2) is 7.25. The fourth-order valence-electron chi connectivity index (χ4n) is 1.54. The Morgan fingerprint density at radius 2 is 1.90 bits per heavy atom. The zero-order valence-corrected chi connectivity index (χ0v) is 12.8. The topological polar surface area (TPSA) is 87.9 Å². The lowest BCUT2D eigenvalue weighted by Gasteiger charge is -2.08. The standard InChI is InChI=1S/C13H19NO5S/c1-7(2)19-12(15)9-8(3)10(20-11(9)14)13(16)18-6-5-17-4/h7H,5-6,14H2,1-4H3. The SMILES string of the molecule is COCCOC(=O)c1sc(N)c(C(=O)OC(C)C)c1C. The van der Waals surface area contributed by atoms with Crippen LogP contribution in [-0.2, 0) is 14.2 Å². The summed E-state index contributed by atoms with van der Waals surface area (Å²) in [7, 11) is 1.52. The molecule has 0 aliphatic carbocycles. The number of nitrogens with two attached hydrogens (primary N) is 1. The van der Waals surface area contributed by atoms with Gasteiger partial charge >= 0.3 is 11.9 Å². The zero-order valence-electron chi connectivity index (χ0n) is 12.0. The van der Waals surface area contributed by atoms with Crippen LogP contribution in [0.3, 0.4) is 0 Å². The van der Waals surface area contributed by atoms with Crippen molar-refractivity contribution >= 4 is 28.3 Å². The Balaban J connectivity index is 2.91. The molecule has 6 nitrogen and oxygen atoms in total. The van der Waals surface area contributed by atoms with Gasteiger partial charge in [0.1, 0.15) is 16.5 Å².